The number of carbonyl (C=O) groups excluding carboxylic acids is 1. The van der Waals surface area contributed by atoms with Crippen molar-refractivity contribution in [3.8, 4) is 0 Å². The van der Waals surface area contributed by atoms with Crippen molar-refractivity contribution in [2.45, 2.75) is 383 Å². The van der Waals surface area contributed by atoms with Gasteiger partial charge in [-0.1, -0.05) is 352 Å². The molecule has 0 aromatic rings. The molecule has 0 aromatic heterocycles. The van der Waals surface area contributed by atoms with Crippen molar-refractivity contribution in [3.05, 3.63) is 158 Å². The van der Waals surface area contributed by atoms with Crippen LogP contribution in [0.4, 0.5) is 0 Å². The minimum Gasteiger partial charge on any atom is -0.394 e. The quantitative estimate of drug-likeness (QED) is 0.0204. The van der Waals surface area contributed by atoms with Crippen molar-refractivity contribution in [1.29, 1.82) is 0 Å². The number of amides is 1. The van der Waals surface area contributed by atoms with Gasteiger partial charge < -0.3 is 65.1 Å². The van der Waals surface area contributed by atoms with Crippen LogP contribution in [0.15, 0.2) is 158 Å². The van der Waals surface area contributed by atoms with Gasteiger partial charge in [-0.2, -0.15) is 0 Å². The van der Waals surface area contributed by atoms with Gasteiger partial charge >= 0.3 is 0 Å². The van der Waals surface area contributed by atoms with E-state index in [1.165, 1.54) is 161 Å². The maximum absolute atomic E-state index is 13.4. The van der Waals surface area contributed by atoms with Crippen molar-refractivity contribution in [2.75, 3.05) is 19.8 Å². The number of unbranched alkanes of at least 4 members (excludes halogenated alkanes) is 31. The van der Waals surface area contributed by atoms with Crippen LogP contribution in [0.1, 0.15) is 309 Å². The van der Waals surface area contributed by atoms with Crippen molar-refractivity contribution in [1.82, 2.24) is 5.32 Å². The van der Waals surface area contributed by atoms with Gasteiger partial charge in [0.2, 0.25) is 5.91 Å². The zero-order chi connectivity index (χ0) is 75.1. The molecule has 0 radical (unpaired) electrons. The highest BCUT2D eigenvalue weighted by Gasteiger charge is 2.51. The highest BCUT2D eigenvalue weighted by Crippen LogP contribution is 2.30. The van der Waals surface area contributed by atoms with Crippen LogP contribution in [0.25, 0.3) is 0 Å². The molecule has 2 aliphatic rings. The van der Waals surface area contributed by atoms with Crippen LogP contribution in [0.5, 0.6) is 0 Å². The Bertz CT molecular complexity index is 2370. The predicted molar refractivity (Wildman–Crippen MR) is 433 cm³/mol. The van der Waals surface area contributed by atoms with Crippen molar-refractivity contribution < 1.29 is 64.6 Å². The largest absolute Gasteiger partial charge is 0.394 e. The summed E-state index contributed by atoms with van der Waals surface area (Å²) < 4.78 is 22.9. The average Bonchev–Trinajstić information content (AvgIpc) is 0.789. The topological polar surface area (TPSA) is 228 Å². The van der Waals surface area contributed by atoms with E-state index in [2.05, 4.69) is 165 Å². The molecule has 1 amide bonds. The number of nitrogens with one attached hydrogen (secondary N) is 1. The molecule has 0 spiro atoms. The van der Waals surface area contributed by atoms with E-state index in [-0.39, 0.29) is 18.9 Å². The summed E-state index contributed by atoms with van der Waals surface area (Å²) in [6, 6.07) is -0.943. The third-order valence-electron chi connectivity index (χ3n) is 19.2. The predicted octanol–water partition coefficient (Wildman–Crippen LogP) is 19.7. The lowest BCUT2D eigenvalue weighted by molar-refractivity contribution is -0.359. The Kier molecular flexibility index (Phi) is 65.8. The molecule has 2 fully saturated rings. The van der Waals surface area contributed by atoms with E-state index in [4.69, 9.17) is 18.9 Å². The molecule has 2 heterocycles. The highest BCUT2D eigenvalue weighted by atomic mass is 16.7. The Morgan fingerprint density at radius 3 is 1.02 bits per heavy atom. The zero-order valence-corrected chi connectivity index (χ0v) is 65.2. The van der Waals surface area contributed by atoms with Crippen molar-refractivity contribution in [2.24, 2.45) is 0 Å². The number of ether oxygens (including phenoxy) is 4. The number of carbonyl (C=O) groups is 1. The molecule has 9 N–H and O–H groups in total. The maximum Gasteiger partial charge on any atom is 0.220 e. The molecule has 12 unspecified atom stereocenters. The van der Waals surface area contributed by atoms with Gasteiger partial charge in [0.1, 0.15) is 48.8 Å². The van der Waals surface area contributed by atoms with E-state index in [1.807, 2.05) is 6.08 Å². The molecule has 2 rings (SSSR count). The first-order valence-corrected chi connectivity index (χ1v) is 41.7. The number of aliphatic hydroxyl groups excluding tert-OH is 8. The summed E-state index contributed by atoms with van der Waals surface area (Å²) in [5.41, 5.74) is 0. The highest BCUT2D eigenvalue weighted by molar-refractivity contribution is 5.76. The molecule has 0 aromatic carbocycles. The molecule has 14 heteroatoms. The summed E-state index contributed by atoms with van der Waals surface area (Å²) >= 11 is 0. The van der Waals surface area contributed by atoms with Gasteiger partial charge in [-0.05, 0) is 109 Å². The maximum atomic E-state index is 13.4. The molecule has 0 aliphatic carbocycles. The summed E-state index contributed by atoms with van der Waals surface area (Å²) in [6.45, 7) is 2.69. The van der Waals surface area contributed by atoms with Gasteiger partial charge in [-0.3, -0.25) is 4.79 Å². The molecular formula is C90H151NO13. The molecule has 2 aliphatic heterocycles. The number of allylic oxidation sites excluding steroid dienone is 25. The third-order valence-corrected chi connectivity index (χ3v) is 19.2. The summed E-state index contributed by atoms with van der Waals surface area (Å²) in [4.78, 5) is 13.4. The monoisotopic (exact) mass is 1450 g/mol. The average molecular weight is 1460 g/mol. The van der Waals surface area contributed by atoms with Crippen molar-refractivity contribution >= 4 is 5.91 Å². The van der Waals surface area contributed by atoms with Crippen LogP contribution in [0.3, 0.4) is 0 Å². The number of hydrogen-bond acceptors (Lipinski definition) is 13. The van der Waals surface area contributed by atoms with Gasteiger partial charge in [0, 0.05) is 6.42 Å². The molecule has 2 saturated heterocycles. The fourth-order valence-electron chi connectivity index (χ4n) is 12.7. The first-order valence-electron chi connectivity index (χ1n) is 41.7. The lowest BCUT2D eigenvalue weighted by atomic mass is 9.97. The van der Waals surface area contributed by atoms with Gasteiger partial charge in [0.05, 0.1) is 32.0 Å². The zero-order valence-electron chi connectivity index (χ0n) is 65.2. The van der Waals surface area contributed by atoms with Crippen LogP contribution in [-0.4, -0.2) is 140 Å². The van der Waals surface area contributed by atoms with Gasteiger partial charge in [0.15, 0.2) is 12.6 Å². The van der Waals surface area contributed by atoms with Gasteiger partial charge in [-0.25, -0.2) is 0 Å². The molecule has 104 heavy (non-hydrogen) atoms. The molecule has 594 valence electrons. The molecular weight excluding hydrogens is 1300 g/mol. The molecule has 0 bridgehead atoms. The first kappa shape index (κ1) is 95.7. The summed E-state index contributed by atoms with van der Waals surface area (Å²) in [5.74, 6) is -0.266. The van der Waals surface area contributed by atoms with E-state index in [1.54, 1.807) is 6.08 Å². The second-order valence-electron chi connectivity index (χ2n) is 28.5. The van der Waals surface area contributed by atoms with Crippen LogP contribution in [0.2, 0.25) is 0 Å². The van der Waals surface area contributed by atoms with E-state index in [0.717, 1.165) is 122 Å². The van der Waals surface area contributed by atoms with E-state index in [9.17, 15) is 45.6 Å². The smallest absolute Gasteiger partial charge is 0.220 e. The van der Waals surface area contributed by atoms with E-state index >= 15 is 0 Å². The number of rotatable bonds is 68. The summed E-state index contributed by atoms with van der Waals surface area (Å²) in [6.07, 6.45) is 93.2. The van der Waals surface area contributed by atoms with Crippen LogP contribution < -0.4 is 5.32 Å². The third kappa shape index (κ3) is 53.4. The van der Waals surface area contributed by atoms with Crippen LogP contribution >= 0.6 is 0 Å². The Labute approximate surface area is 633 Å². The Hall–Kier alpha value is -4.39. The fraction of sp³-hybridized carbons (Fsp3) is 0.700. The summed E-state index contributed by atoms with van der Waals surface area (Å²) in [5, 5.41) is 87.7. The van der Waals surface area contributed by atoms with E-state index < -0.39 is 86.8 Å². The molecule has 14 nitrogen and oxygen atoms in total. The number of aliphatic hydroxyl groups is 8. The van der Waals surface area contributed by atoms with Crippen LogP contribution in [-0.2, 0) is 23.7 Å². The minimum atomic E-state index is -1.80. The fourth-order valence-corrected chi connectivity index (χ4v) is 12.7. The Balaban J connectivity index is 1.64. The lowest BCUT2D eigenvalue weighted by Crippen LogP contribution is -2.65. The van der Waals surface area contributed by atoms with Crippen LogP contribution in [0, 0.1) is 0 Å². The van der Waals surface area contributed by atoms with Crippen molar-refractivity contribution in [3.63, 3.8) is 0 Å². The SMILES string of the molecule is CC/C=C\C/C=C\C/C=C\C/C=C\C/C=C\C/C=C\C/C=C\C/C=C\C/C=C\C/C=C\C/C=C\C/C=C\CCCCCCC(=O)NC(COC1OC(CO)C(OC2OC(CO)C(O)C(O)C2O)C(O)C1O)C(O)/C=C/CCCCCCCCCCCCCCCCCCCCCCCCCCCCC. The standard InChI is InChI=1S/C90H151NO13/c1-3-5-7-9-11-13-15-17-19-21-23-25-27-29-31-33-34-35-36-37-38-39-40-41-42-43-44-46-48-50-52-54-56-58-60-62-64-66-68-70-72-74-82(95)91-78(77-101-89-87(100)85(98)88(81(76-93)103-89)104-90-86(99)84(97)83(96)80(75-92)102-90)79(94)73-71-69-67-65-63-61-59-57-55-53-51-49-47-45-32-30-28-26-24-22-20-18-16-14-12-10-8-6-4-2/h5,7,11,13,17,19,23,25,29,31,34-35,37-38,40-41,43-44,48,50,54,56,60,62,71,73,78-81,83-90,92-94,96-100H,3-4,6,8-10,12,14-16,18,20-22,24,26-28,30,32-33,36,39,42,45-47,49,51-53,55,57-59,61,63-70,72,74-77H2,1-2H3,(H,91,95)/b7-5-,13-11-,19-17-,25-23-,31-29-,35-34-,38-37-,41-40-,44-43-,50-48-,56-54-,62-60-,73-71+. The second kappa shape index (κ2) is 71.5. The molecule has 12 atom stereocenters. The van der Waals surface area contributed by atoms with Gasteiger partial charge in [-0.15, -0.1) is 0 Å². The second-order valence-corrected chi connectivity index (χ2v) is 28.5. The first-order chi connectivity index (χ1) is 51.1. The Morgan fingerprint density at radius 1 is 0.356 bits per heavy atom. The van der Waals surface area contributed by atoms with E-state index in [0.29, 0.717) is 6.42 Å². The lowest BCUT2D eigenvalue weighted by Gasteiger charge is -2.46. The number of hydrogen-bond donors (Lipinski definition) is 9. The molecule has 0 saturated carbocycles. The minimum absolute atomic E-state index is 0.242. The Morgan fingerprint density at radius 2 is 0.663 bits per heavy atom. The van der Waals surface area contributed by atoms with Gasteiger partial charge in [0.25, 0.3) is 0 Å². The normalized spacial score (nSPS) is 22.3. The summed E-state index contributed by atoms with van der Waals surface area (Å²) in [7, 11) is 0.